The van der Waals surface area contributed by atoms with Crippen molar-refractivity contribution < 1.29 is 9.53 Å². The van der Waals surface area contributed by atoms with E-state index in [9.17, 15) is 4.79 Å². The summed E-state index contributed by atoms with van der Waals surface area (Å²) < 4.78 is 5.18. The van der Waals surface area contributed by atoms with Gasteiger partial charge in [0.15, 0.2) is 0 Å². The Morgan fingerprint density at radius 1 is 1.37 bits per heavy atom. The zero-order valence-corrected chi connectivity index (χ0v) is 16.2. The molecule has 2 aromatic heterocycles. The predicted octanol–water partition coefficient (Wildman–Crippen LogP) is 2.35. The van der Waals surface area contributed by atoms with Crippen molar-refractivity contribution in [2.75, 3.05) is 25.1 Å². The quantitative estimate of drug-likeness (QED) is 0.784. The molecule has 0 radical (unpaired) electrons. The lowest BCUT2D eigenvalue weighted by atomic mass is 9.95. The highest BCUT2D eigenvalue weighted by atomic mass is 35.5. The second-order valence-corrected chi connectivity index (χ2v) is 7.53. The minimum absolute atomic E-state index is 0.171. The van der Waals surface area contributed by atoms with E-state index < -0.39 is 0 Å². The maximum absolute atomic E-state index is 12.8. The van der Waals surface area contributed by atoms with Crippen molar-refractivity contribution in [3.05, 3.63) is 46.1 Å². The van der Waals surface area contributed by atoms with E-state index in [2.05, 4.69) is 19.9 Å². The number of ether oxygens (including phenoxy) is 1. The number of fused-ring (bicyclic) bond motifs is 1. The molecule has 0 aromatic carbocycles. The fourth-order valence-corrected chi connectivity index (χ4v) is 3.97. The molecule has 7 nitrogen and oxygen atoms in total. The van der Waals surface area contributed by atoms with E-state index in [1.807, 2.05) is 17.9 Å². The van der Waals surface area contributed by atoms with Crippen molar-refractivity contribution in [1.82, 2.24) is 19.9 Å². The summed E-state index contributed by atoms with van der Waals surface area (Å²) >= 11 is 6.41. The van der Waals surface area contributed by atoms with E-state index in [-0.39, 0.29) is 5.91 Å². The molecule has 1 amide bonds. The molecule has 0 bridgehead atoms. The summed E-state index contributed by atoms with van der Waals surface area (Å²) in [5, 5.41) is 0.643. The molecule has 2 aliphatic rings. The van der Waals surface area contributed by atoms with Crippen molar-refractivity contribution in [1.29, 1.82) is 0 Å². The lowest BCUT2D eigenvalue weighted by Gasteiger charge is -2.40. The number of anilines is 1. The maximum atomic E-state index is 12.8. The number of amides is 1. The number of carbonyl (C=O) groups is 1. The first kappa shape index (κ1) is 18.1. The third-order valence-electron chi connectivity index (χ3n) is 5.29. The standard InChI is InChI=1S/C19H22ClN5O2/c1-12-14-8-25(9-15(14)23-16(10-27-2)19(12)20)18(26)5-13-6-24(7-13)17-3-4-21-11-22-17/h3-4,11,13H,5-10H2,1-2H3. The van der Waals surface area contributed by atoms with Gasteiger partial charge < -0.3 is 14.5 Å². The molecule has 2 aromatic rings. The van der Waals surface area contributed by atoms with Crippen molar-refractivity contribution in [2.45, 2.75) is 33.0 Å². The van der Waals surface area contributed by atoms with Gasteiger partial charge in [-0.2, -0.15) is 0 Å². The van der Waals surface area contributed by atoms with Crippen molar-refractivity contribution in [3.8, 4) is 0 Å². The molecular weight excluding hydrogens is 366 g/mol. The Balaban J connectivity index is 1.36. The zero-order chi connectivity index (χ0) is 19.0. The number of methoxy groups -OCH3 is 1. The molecule has 0 saturated carbocycles. The maximum Gasteiger partial charge on any atom is 0.223 e. The normalized spacial score (nSPS) is 16.4. The summed E-state index contributed by atoms with van der Waals surface area (Å²) in [4.78, 5) is 29.6. The predicted molar refractivity (Wildman–Crippen MR) is 101 cm³/mol. The molecular formula is C19H22ClN5O2. The van der Waals surface area contributed by atoms with Gasteiger partial charge in [-0.05, 0) is 24.1 Å². The summed E-state index contributed by atoms with van der Waals surface area (Å²) in [6, 6.07) is 1.89. The number of hydrogen-bond donors (Lipinski definition) is 0. The second-order valence-electron chi connectivity index (χ2n) is 7.15. The highest BCUT2D eigenvalue weighted by molar-refractivity contribution is 6.32. The van der Waals surface area contributed by atoms with Crippen LogP contribution in [0.2, 0.25) is 5.02 Å². The Bertz CT molecular complexity index is 855. The SMILES string of the molecule is COCc1nc2c(c(C)c1Cl)CN(C(=O)CC1CN(c3ccncn3)C1)C2. The van der Waals surface area contributed by atoms with Crippen LogP contribution in [0.3, 0.4) is 0 Å². The van der Waals surface area contributed by atoms with Gasteiger partial charge in [-0.15, -0.1) is 0 Å². The molecule has 1 fully saturated rings. The number of pyridine rings is 1. The van der Waals surface area contributed by atoms with Crippen molar-refractivity contribution in [3.63, 3.8) is 0 Å². The van der Waals surface area contributed by atoms with E-state index in [4.69, 9.17) is 16.3 Å². The first-order chi connectivity index (χ1) is 13.1. The molecule has 4 rings (SSSR count). The summed E-state index contributed by atoms with van der Waals surface area (Å²) in [5.74, 6) is 1.45. The van der Waals surface area contributed by atoms with Gasteiger partial charge in [0.2, 0.25) is 5.91 Å². The van der Waals surface area contributed by atoms with E-state index in [1.54, 1.807) is 19.6 Å². The van der Waals surface area contributed by atoms with Gasteiger partial charge in [0.1, 0.15) is 12.1 Å². The first-order valence-electron chi connectivity index (χ1n) is 9.01. The summed E-state index contributed by atoms with van der Waals surface area (Å²) in [5.41, 5.74) is 3.75. The lowest BCUT2D eigenvalue weighted by molar-refractivity contribution is -0.133. The van der Waals surface area contributed by atoms with Crippen LogP contribution < -0.4 is 4.90 Å². The fraction of sp³-hybridized carbons (Fsp3) is 0.474. The van der Waals surface area contributed by atoms with Crippen LogP contribution in [0.4, 0.5) is 5.82 Å². The highest BCUT2D eigenvalue weighted by Crippen LogP contribution is 2.32. The third kappa shape index (κ3) is 3.49. The van der Waals surface area contributed by atoms with Crippen LogP contribution in [0.5, 0.6) is 0 Å². The van der Waals surface area contributed by atoms with Crippen LogP contribution in [0.25, 0.3) is 0 Å². The Kier molecular flexibility index (Phi) is 4.97. The zero-order valence-electron chi connectivity index (χ0n) is 15.5. The van der Waals surface area contributed by atoms with E-state index in [0.29, 0.717) is 37.1 Å². The number of aromatic nitrogens is 3. The number of carbonyl (C=O) groups excluding carboxylic acids is 1. The van der Waals surface area contributed by atoms with Crippen LogP contribution >= 0.6 is 11.6 Å². The number of hydrogen-bond acceptors (Lipinski definition) is 6. The number of halogens is 1. The number of nitrogens with zero attached hydrogens (tertiary/aromatic N) is 5. The van der Waals surface area contributed by atoms with Crippen LogP contribution in [-0.4, -0.2) is 46.0 Å². The Labute approximate surface area is 163 Å². The molecule has 4 heterocycles. The molecule has 27 heavy (non-hydrogen) atoms. The second kappa shape index (κ2) is 7.40. The highest BCUT2D eigenvalue weighted by Gasteiger charge is 2.33. The van der Waals surface area contributed by atoms with Gasteiger partial charge >= 0.3 is 0 Å². The van der Waals surface area contributed by atoms with Crippen molar-refractivity contribution in [2.24, 2.45) is 5.92 Å². The lowest BCUT2D eigenvalue weighted by Crippen LogP contribution is -2.49. The molecule has 142 valence electrons. The van der Waals surface area contributed by atoms with Crippen LogP contribution in [0, 0.1) is 12.8 Å². The molecule has 0 atom stereocenters. The molecule has 2 aliphatic heterocycles. The van der Waals surface area contributed by atoms with Gasteiger partial charge in [0, 0.05) is 45.3 Å². The molecule has 8 heteroatoms. The van der Waals surface area contributed by atoms with Gasteiger partial charge in [0.05, 0.1) is 29.6 Å². The molecule has 0 N–H and O–H groups in total. The largest absolute Gasteiger partial charge is 0.378 e. The summed E-state index contributed by atoms with van der Waals surface area (Å²) in [6.45, 7) is 5.20. The molecule has 0 spiro atoms. The minimum Gasteiger partial charge on any atom is -0.378 e. The van der Waals surface area contributed by atoms with E-state index in [1.165, 1.54) is 0 Å². The van der Waals surface area contributed by atoms with E-state index >= 15 is 0 Å². The van der Waals surface area contributed by atoms with Gasteiger partial charge in [-0.1, -0.05) is 11.6 Å². The summed E-state index contributed by atoms with van der Waals surface area (Å²) in [7, 11) is 1.62. The van der Waals surface area contributed by atoms with Crippen LogP contribution in [0.1, 0.15) is 28.9 Å². The van der Waals surface area contributed by atoms with Crippen LogP contribution in [0.15, 0.2) is 18.6 Å². The molecule has 0 aliphatic carbocycles. The minimum atomic E-state index is 0.171. The first-order valence-corrected chi connectivity index (χ1v) is 9.39. The fourth-order valence-electron chi connectivity index (χ4n) is 3.75. The average molecular weight is 388 g/mol. The third-order valence-corrected chi connectivity index (χ3v) is 5.79. The monoisotopic (exact) mass is 387 g/mol. The van der Waals surface area contributed by atoms with Gasteiger partial charge in [0.25, 0.3) is 0 Å². The van der Waals surface area contributed by atoms with Crippen molar-refractivity contribution >= 4 is 23.3 Å². The summed E-state index contributed by atoms with van der Waals surface area (Å²) in [6.07, 6.45) is 3.83. The number of rotatable bonds is 5. The van der Waals surface area contributed by atoms with Crippen LogP contribution in [-0.2, 0) is 29.2 Å². The Morgan fingerprint density at radius 3 is 2.89 bits per heavy atom. The topological polar surface area (TPSA) is 71.5 Å². The molecule has 0 unspecified atom stereocenters. The van der Waals surface area contributed by atoms with Gasteiger partial charge in [-0.25, -0.2) is 9.97 Å². The van der Waals surface area contributed by atoms with E-state index in [0.717, 1.165) is 41.4 Å². The molecule has 1 saturated heterocycles. The van der Waals surface area contributed by atoms with Gasteiger partial charge in [-0.3, -0.25) is 9.78 Å². The average Bonchev–Trinajstić information content (AvgIpc) is 3.07. The smallest absolute Gasteiger partial charge is 0.223 e. The Hall–Kier alpha value is -2.25. The Morgan fingerprint density at radius 2 is 2.19 bits per heavy atom.